The van der Waals surface area contributed by atoms with Crippen LogP contribution < -0.4 is 0 Å². The molecule has 53 heavy (non-hydrogen) atoms. The molecule has 1 aliphatic carbocycles. The van der Waals surface area contributed by atoms with Crippen molar-refractivity contribution in [3.8, 4) is 22.9 Å². The number of rotatable bonds is 2. The molecule has 0 bridgehead atoms. The van der Waals surface area contributed by atoms with Crippen molar-refractivity contribution in [1.82, 2.24) is 19.1 Å². The highest BCUT2D eigenvalue weighted by atomic mass is 15.2. The smallest absolute Gasteiger partial charge is 0.235 e. The van der Waals surface area contributed by atoms with Gasteiger partial charge in [0.05, 0.1) is 33.3 Å². The average molecular weight is 677 g/mol. The quantitative estimate of drug-likeness (QED) is 0.183. The Hall–Kier alpha value is -6.78. The topological polar surface area (TPSA) is 35.6 Å². The molecule has 1 aliphatic rings. The maximum absolute atomic E-state index is 5.61. The number of para-hydroxylation sites is 2. The summed E-state index contributed by atoms with van der Waals surface area (Å²) in [5, 5.41) is 10.9. The van der Waals surface area contributed by atoms with Crippen LogP contribution in [0, 0.1) is 0 Å². The van der Waals surface area contributed by atoms with E-state index in [-0.39, 0.29) is 5.41 Å². The second kappa shape index (κ2) is 10.2. The molecular formula is C49H32N4. The van der Waals surface area contributed by atoms with Gasteiger partial charge in [0.25, 0.3) is 0 Å². The average Bonchev–Trinajstić information content (AvgIpc) is 3.74. The van der Waals surface area contributed by atoms with Crippen molar-refractivity contribution in [2.75, 3.05) is 0 Å². The Balaban J connectivity index is 1.33. The molecule has 0 atom stereocenters. The van der Waals surface area contributed by atoms with Gasteiger partial charge in [0.1, 0.15) is 0 Å². The molecule has 4 heteroatoms. The Morgan fingerprint density at radius 3 is 1.79 bits per heavy atom. The van der Waals surface area contributed by atoms with Crippen molar-refractivity contribution in [2.24, 2.45) is 0 Å². The molecule has 4 nitrogen and oxygen atoms in total. The van der Waals surface area contributed by atoms with Crippen LogP contribution in [0.1, 0.15) is 25.0 Å². The number of hydrogen-bond donors (Lipinski definition) is 0. The van der Waals surface area contributed by atoms with Gasteiger partial charge >= 0.3 is 0 Å². The second-order valence-electron chi connectivity index (χ2n) is 15.0. The van der Waals surface area contributed by atoms with Crippen LogP contribution >= 0.6 is 0 Å². The van der Waals surface area contributed by atoms with Gasteiger partial charge in [-0.3, -0.25) is 4.57 Å². The highest BCUT2D eigenvalue weighted by Crippen LogP contribution is 2.49. The molecule has 12 rings (SSSR count). The first-order valence-corrected chi connectivity index (χ1v) is 18.4. The lowest BCUT2D eigenvalue weighted by Gasteiger charge is -2.34. The zero-order valence-corrected chi connectivity index (χ0v) is 29.3. The van der Waals surface area contributed by atoms with Gasteiger partial charge in [-0.2, -0.15) is 0 Å². The number of fused-ring (bicyclic) bond motifs is 13. The van der Waals surface area contributed by atoms with Gasteiger partial charge in [0, 0.05) is 43.6 Å². The molecule has 0 spiro atoms. The van der Waals surface area contributed by atoms with Crippen LogP contribution in [0.2, 0.25) is 0 Å². The van der Waals surface area contributed by atoms with Gasteiger partial charge in [-0.05, 0) is 63.0 Å². The van der Waals surface area contributed by atoms with Gasteiger partial charge in [-0.15, -0.1) is 0 Å². The first kappa shape index (κ1) is 28.9. The molecule has 0 saturated heterocycles. The summed E-state index contributed by atoms with van der Waals surface area (Å²) in [5.74, 6) is 0.678. The lowest BCUT2D eigenvalue weighted by atomic mass is 9.70. The highest BCUT2D eigenvalue weighted by Gasteiger charge is 2.35. The lowest BCUT2D eigenvalue weighted by Crippen LogP contribution is -2.24. The van der Waals surface area contributed by atoms with Crippen molar-refractivity contribution in [1.29, 1.82) is 0 Å². The largest absolute Gasteiger partial charge is 0.307 e. The van der Waals surface area contributed by atoms with Crippen molar-refractivity contribution in [2.45, 2.75) is 19.3 Å². The van der Waals surface area contributed by atoms with Crippen LogP contribution in [0.4, 0.5) is 0 Å². The van der Waals surface area contributed by atoms with E-state index in [2.05, 4.69) is 181 Å². The van der Waals surface area contributed by atoms with E-state index in [0.29, 0.717) is 5.95 Å². The predicted molar refractivity (Wildman–Crippen MR) is 221 cm³/mol. The SMILES string of the molecule is CC1(C)c2ccccc2-c2nc(-n3c4ccccc4c4c5ccccc5c5c6ccccc6n(-c6ccc7ccccc7c6)c5c43)nc3cccc1c23. The minimum atomic E-state index is -0.174. The Morgan fingerprint density at radius 2 is 1.04 bits per heavy atom. The lowest BCUT2D eigenvalue weighted by molar-refractivity contribution is 0.643. The summed E-state index contributed by atoms with van der Waals surface area (Å²) in [6.45, 7) is 4.63. The van der Waals surface area contributed by atoms with E-state index in [1.807, 2.05) is 0 Å². The number of aromatic nitrogens is 4. The van der Waals surface area contributed by atoms with Gasteiger partial charge in [-0.25, -0.2) is 9.97 Å². The predicted octanol–water partition coefficient (Wildman–Crippen LogP) is 12.4. The summed E-state index contributed by atoms with van der Waals surface area (Å²) in [6, 6.07) is 57.3. The van der Waals surface area contributed by atoms with Gasteiger partial charge < -0.3 is 4.57 Å². The van der Waals surface area contributed by atoms with E-state index in [4.69, 9.17) is 9.97 Å². The van der Waals surface area contributed by atoms with Gasteiger partial charge in [0.2, 0.25) is 5.95 Å². The van der Waals surface area contributed by atoms with Crippen molar-refractivity contribution >= 4 is 76.1 Å². The Bertz CT molecular complexity index is 3380. The summed E-state index contributed by atoms with van der Waals surface area (Å²) in [4.78, 5) is 11.1. The molecule has 0 aliphatic heterocycles. The van der Waals surface area contributed by atoms with Crippen LogP contribution in [0.5, 0.6) is 0 Å². The van der Waals surface area contributed by atoms with Crippen molar-refractivity contribution < 1.29 is 0 Å². The zero-order valence-electron chi connectivity index (χ0n) is 29.3. The molecule has 0 amide bonds. The van der Waals surface area contributed by atoms with E-state index >= 15 is 0 Å². The Morgan fingerprint density at radius 1 is 0.453 bits per heavy atom. The van der Waals surface area contributed by atoms with E-state index in [1.54, 1.807) is 0 Å². The van der Waals surface area contributed by atoms with Crippen LogP contribution in [0.3, 0.4) is 0 Å². The monoisotopic (exact) mass is 676 g/mol. The van der Waals surface area contributed by atoms with Crippen molar-refractivity contribution in [3.05, 3.63) is 169 Å². The molecule has 0 unspecified atom stereocenters. The third-order valence-electron chi connectivity index (χ3n) is 11.9. The van der Waals surface area contributed by atoms with E-state index in [1.165, 1.54) is 65.3 Å². The first-order chi connectivity index (χ1) is 26.1. The molecule has 0 saturated carbocycles. The normalized spacial score (nSPS) is 13.6. The Labute approximate surface area is 305 Å². The molecule has 0 radical (unpaired) electrons. The molecule has 11 aromatic rings. The third kappa shape index (κ3) is 3.69. The molecule has 0 N–H and O–H groups in total. The fraction of sp³-hybridized carbons (Fsp3) is 0.0612. The molecule has 3 aromatic heterocycles. The van der Waals surface area contributed by atoms with E-state index in [9.17, 15) is 0 Å². The maximum atomic E-state index is 5.61. The number of benzene rings is 8. The van der Waals surface area contributed by atoms with Gasteiger partial charge in [-0.1, -0.05) is 141 Å². The zero-order chi connectivity index (χ0) is 35.0. The summed E-state index contributed by atoms with van der Waals surface area (Å²) in [7, 11) is 0. The molecule has 3 heterocycles. The minimum Gasteiger partial charge on any atom is -0.307 e. The highest BCUT2D eigenvalue weighted by molar-refractivity contribution is 6.36. The minimum absolute atomic E-state index is 0.174. The summed E-state index contributed by atoms with van der Waals surface area (Å²) in [6.07, 6.45) is 0. The molecule has 248 valence electrons. The summed E-state index contributed by atoms with van der Waals surface area (Å²) >= 11 is 0. The Kier molecular flexibility index (Phi) is 5.54. The number of hydrogen-bond acceptors (Lipinski definition) is 2. The maximum Gasteiger partial charge on any atom is 0.235 e. The summed E-state index contributed by atoms with van der Waals surface area (Å²) < 4.78 is 4.82. The van der Waals surface area contributed by atoms with E-state index in [0.717, 1.165) is 38.8 Å². The third-order valence-corrected chi connectivity index (χ3v) is 11.9. The van der Waals surface area contributed by atoms with Crippen LogP contribution in [0.25, 0.3) is 99.0 Å². The number of nitrogens with zero attached hydrogens (tertiary/aromatic N) is 4. The summed E-state index contributed by atoms with van der Waals surface area (Å²) in [5.41, 5.74) is 11.1. The van der Waals surface area contributed by atoms with Gasteiger partial charge in [0.15, 0.2) is 0 Å². The first-order valence-electron chi connectivity index (χ1n) is 18.4. The molecule has 0 fully saturated rings. The second-order valence-corrected chi connectivity index (χ2v) is 15.0. The fourth-order valence-corrected chi connectivity index (χ4v) is 9.55. The van der Waals surface area contributed by atoms with E-state index < -0.39 is 0 Å². The molecule has 8 aromatic carbocycles. The van der Waals surface area contributed by atoms with Crippen molar-refractivity contribution in [3.63, 3.8) is 0 Å². The molecular weight excluding hydrogens is 645 g/mol. The fourth-order valence-electron chi connectivity index (χ4n) is 9.55. The van der Waals surface area contributed by atoms with Crippen LogP contribution in [-0.4, -0.2) is 19.1 Å². The van der Waals surface area contributed by atoms with Crippen LogP contribution in [-0.2, 0) is 5.41 Å². The van der Waals surface area contributed by atoms with Crippen LogP contribution in [0.15, 0.2) is 158 Å². The standard InChI is InChI=1S/C49H32N4/c1-49(2)37-21-10-7-18-34(37)45-44-38(49)22-13-23-39(44)50-48(51-45)53-41-25-12-9-20-36(41)43-33-17-6-5-16-32(33)42-35-19-8-11-24-40(35)52(46(42)47(43)53)31-27-26-29-14-3-4-15-30(29)28-31/h3-28H,1-2H3.